The number of carboxylic acid groups (broad SMARTS) is 1. The Kier molecular flexibility index (Phi) is 4.21. The first kappa shape index (κ1) is 15.0. The molecular weight excluding hydrogens is 275 g/mol. The highest BCUT2D eigenvalue weighted by Crippen LogP contribution is 2.26. The maximum atomic E-state index is 14.3. The lowest BCUT2D eigenvalue weighted by Gasteiger charge is -2.12. The third-order valence-electron chi connectivity index (χ3n) is 2.89. The summed E-state index contributed by atoms with van der Waals surface area (Å²) < 4.78 is 15.7. The van der Waals surface area contributed by atoms with Crippen LogP contribution in [0.3, 0.4) is 0 Å². The van der Waals surface area contributed by atoms with Gasteiger partial charge < -0.3 is 10.4 Å². The summed E-state index contributed by atoms with van der Waals surface area (Å²) in [5, 5.41) is 16.2. The molecule has 0 radical (unpaired) electrons. The number of aromatic nitrogens is 3. The molecule has 2 heterocycles. The van der Waals surface area contributed by atoms with Crippen LogP contribution in [0.1, 0.15) is 31.1 Å². The molecule has 0 aliphatic carbocycles. The van der Waals surface area contributed by atoms with Crippen LogP contribution in [0, 0.1) is 5.82 Å². The number of nitrogens with one attached hydrogen (secondary N) is 1. The van der Waals surface area contributed by atoms with Crippen molar-refractivity contribution < 1.29 is 14.3 Å². The second kappa shape index (κ2) is 5.90. The molecule has 0 aromatic carbocycles. The maximum absolute atomic E-state index is 14.3. The van der Waals surface area contributed by atoms with Crippen LogP contribution in [-0.4, -0.2) is 31.9 Å². The second-order valence-electron chi connectivity index (χ2n) is 4.88. The molecule has 0 amide bonds. The molecule has 0 fully saturated rings. The summed E-state index contributed by atoms with van der Waals surface area (Å²) in [5.74, 6) is -1.74. The van der Waals surface area contributed by atoms with Gasteiger partial charge in [-0.1, -0.05) is 0 Å². The average molecular weight is 292 g/mol. The summed E-state index contributed by atoms with van der Waals surface area (Å²) in [4.78, 5) is 15.3. The summed E-state index contributed by atoms with van der Waals surface area (Å²) in [6, 6.07) is 1.45. The molecule has 2 aromatic rings. The first-order valence-corrected chi connectivity index (χ1v) is 6.65. The lowest BCUT2D eigenvalue weighted by molar-refractivity contribution is 0.0697. The standard InChI is InChI=1S/C14H17FN4O2/c1-4-19-13(10(7-17-19)14(20)21)12-11(15)5-9(6-16-12)18-8(2)3/h5-8,18H,4H2,1-3H3,(H,20,21). The lowest BCUT2D eigenvalue weighted by Crippen LogP contribution is -2.11. The number of carbonyl (C=O) groups is 1. The quantitative estimate of drug-likeness (QED) is 0.885. The van der Waals surface area contributed by atoms with Crippen molar-refractivity contribution in [1.82, 2.24) is 14.8 Å². The van der Waals surface area contributed by atoms with Crippen molar-refractivity contribution in [2.45, 2.75) is 33.4 Å². The van der Waals surface area contributed by atoms with E-state index in [2.05, 4.69) is 15.4 Å². The van der Waals surface area contributed by atoms with Gasteiger partial charge in [0.15, 0.2) is 5.82 Å². The topological polar surface area (TPSA) is 80.0 Å². The largest absolute Gasteiger partial charge is 0.478 e. The molecule has 0 bridgehead atoms. The highest BCUT2D eigenvalue weighted by Gasteiger charge is 2.22. The SMILES string of the molecule is CCn1ncc(C(=O)O)c1-c1ncc(NC(C)C)cc1F. The van der Waals surface area contributed by atoms with E-state index in [4.69, 9.17) is 0 Å². The van der Waals surface area contributed by atoms with Gasteiger partial charge in [-0.05, 0) is 20.8 Å². The zero-order valence-corrected chi connectivity index (χ0v) is 12.1. The normalized spacial score (nSPS) is 10.9. The fraction of sp³-hybridized carbons (Fsp3) is 0.357. The van der Waals surface area contributed by atoms with Crippen LogP contribution >= 0.6 is 0 Å². The van der Waals surface area contributed by atoms with Crippen LogP contribution in [0.2, 0.25) is 0 Å². The number of anilines is 1. The van der Waals surface area contributed by atoms with Crippen LogP contribution in [0.15, 0.2) is 18.5 Å². The monoisotopic (exact) mass is 292 g/mol. The third kappa shape index (κ3) is 3.01. The molecule has 6 nitrogen and oxygen atoms in total. The van der Waals surface area contributed by atoms with Crippen molar-refractivity contribution >= 4 is 11.7 Å². The third-order valence-corrected chi connectivity index (χ3v) is 2.89. The molecule has 0 unspecified atom stereocenters. The minimum atomic E-state index is -1.16. The van der Waals surface area contributed by atoms with Gasteiger partial charge in [-0.15, -0.1) is 0 Å². The molecule has 2 rings (SSSR count). The Morgan fingerprint density at radius 1 is 1.48 bits per heavy atom. The van der Waals surface area contributed by atoms with Crippen molar-refractivity contribution in [3.8, 4) is 11.4 Å². The van der Waals surface area contributed by atoms with E-state index in [-0.39, 0.29) is 23.0 Å². The lowest BCUT2D eigenvalue weighted by atomic mass is 10.1. The number of carboxylic acids is 1. The van der Waals surface area contributed by atoms with Crippen molar-refractivity contribution in [3.63, 3.8) is 0 Å². The Balaban J connectivity index is 2.52. The van der Waals surface area contributed by atoms with Gasteiger partial charge in [0.2, 0.25) is 0 Å². The Morgan fingerprint density at radius 2 is 2.19 bits per heavy atom. The number of pyridine rings is 1. The smallest absolute Gasteiger partial charge is 0.339 e. The van der Waals surface area contributed by atoms with Gasteiger partial charge in [-0.25, -0.2) is 14.2 Å². The maximum Gasteiger partial charge on any atom is 0.339 e. The summed E-state index contributed by atoms with van der Waals surface area (Å²) >= 11 is 0. The van der Waals surface area contributed by atoms with Gasteiger partial charge in [0.05, 0.1) is 18.1 Å². The minimum Gasteiger partial charge on any atom is -0.478 e. The molecular formula is C14H17FN4O2. The van der Waals surface area contributed by atoms with E-state index < -0.39 is 11.8 Å². The Morgan fingerprint density at radius 3 is 2.71 bits per heavy atom. The van der Waals surface area contributed by atoms with Gasteiger partial charge >= 0.3 is 5.97 Å². The van der Waals surface area contributed by atoms with E-state index in [1.54, 1.807) is 6.92 Å². The average Bonchev–Trinajstić information content (AvgIpc) is 2.81. The van der Waals surface area contributed by atoms with E-state index in [0.717, 1.165) is 0 Å². The van der Waals surface area contributed by atoms with Gasteiger partial charge in [0.25, 0.3) is 0 Å². The summed E-state index contributed by atoms with van der Waals surface area (Å²) in [6.45, 7) is 6.09. The first-order chi connectivity index (χ1) is 9.93. The molecule has 2 aromatic heterocycles. The molecule has 0 aliphatic heterocycles. The second-order valence-corrected chi connectivity index (χ2v) is 4.88. The molecule has 7 heteroatoms. The number of hydrogen-bond acceptors (Lipinski definition) is 4. The van der Waals surface area contributed by atoms with Gasteiger partial charge in [-0.3, -0.25) is 4.68 Å². The number of aromatic carboxylic acids is 1. The predicted molar refractivity (Wildman–Crippen MR) is 76.8 cm³/mol. The van der Waals surface area contributed by atoms with E-state index >= 15 is 0 Å². The zero-order valence-electron chi connectivity index (χ0n) is 12.1. The highest BCUT2D eigenvalue weighted by atomic mass is 19.1. The van der Waals surface area contributed by atoms with E-state index in [1.807, 2.05) is 13.8 Å². The number of nitrogens with zero attached hydrogens (tertiary/aromatic N) is 3. The van der Waals surface area contributed by atoms with Crippen molar-refractivity contribution in [1.29, 1.82) is 0 Å². The fourth-order valence-electron chi connectivity index (χ4n) is 2.06. The Labute approximate surface area is 121 Å². The zero-order chi connectivity index (χ0) is 15.6. The number of aryl methyl sites for hydroxylation is 1. The first-order valence-electron chi connectivity index (χ1n) is 6.65. The van der Waals surface area contributed by atoms with Crippen LogP contribution in [-0.2, 0) is 6.54 Å². The van der Waals surface area contributed by atoms with Gasteiger partial charge in [0, 0.05) is 18.7 Å². The summed E-state index contributed by atoms with van der Waals surface area (Å²) in [7, 11) is 0. The van der Waals surface area contributed by atoms with Crippen molar-refractivity contribution in [3.05, 3.63) is 29.8 Å². The Hall–Kier alpha value is -2.44. The fourth-order valence-corrected chi connectivity index (χ4v) is 2.06. The molecule has 112 valence electrons. The van der Waals surface area contributed by atoms with E-state index in [1.165, 1.54) is 23.1 Å². The number of halogens is 1. The molecule has 0 saturated carbocycles. The molecule has 2 N–H and O–H groups in total. The predicted octanol–water partition coefficient (Wildman–Crippen LogP) is 2.62. The molecule has 0 saturated heterocycles. The molecule has 0 spiro atoms. The van der Waals surface area contributed by atoms with Gasteiger partial charge in [-0.2, -0.15) is 5.10 Å². The van der Waals surface area contributed by atoms with Crippen LogP contribution in [0.4, 0.5) is 10.1 Å². The Bertz CT molecular complexity index is 667. The molecule has 0 atom stereocenters. The summed E-state index contributed by atoms with van der Waals surface area (Å²) in [6.07, 6.45) is 2.69. The summed E-state index contributed by atoms with van der Waals surface area (Å²) in [5.41, 5.74) is 0.651. The molecule has 0 aliphatic rings. The van der Waals surface area contributed by atoms with Gasteiger partial charge in [0.1, 0.15) is 17.0 Å². The van der Waals surface area contributed by atoms with E-state index in [9.17, 15) is 14.3 Å². The minimum absolute atomic E-state index is 0.0129. The van der Waals surface area contributed by atoms with Crippen LogP contribution in [0.25, 0.3) is 11.4 Å². The van der Waals surface area contributed by atoms with E-state index in [0.29, 0.717) is 12.2 Å². The number of rotatable bonds is 5. The van der Waals surface area contributed by atoms with Crippen molar-refractivity contribution in [2.75, 3.05) is 5.32 Å². The van der Waals surface area contributed by atoms with Crippen LogP contribution < -0.4 is 5.32 Å². The highest BCUT2D eigenvalue weighted by molar-refractivity contribution is 5.94. The number of hydrogen-bond donors (Lipinski definition) is 2. The molecule has 21 heavy (non-hydrogen) atoms. The van der Waals surface area contributed by atoms with Crippen molar-refractivity contribution in [2.24, 2.45) is 0 Å². The van der Waals surface area contributed by atoms with Crippen LogP contribution in [0.5, 0.6) is 0 Å².